The molecule has 2 N–H and O–H groups in total. The summed E-state index contributed by atoms with van der Waals surface area (Å²) >= 11 is 1.55. The van der Waals surface area contributed by atoms with E-state index in [4.69, 9.17) is 5.73 Å². The predicted molar refractivity (Wildman–Crippen MR) is 82.5 cm³/mol. The average Bonchev–Trinajstić information content (AvgIpc) is 2.92. The Labute approximate surface area is 120 Å². The molecule has 3 nitrogen and oxygen atoms in total. The third kappa shape index (κ3) is 1.81. The van der Waals surface area contributed by atoms with Gasteiger partial charge in [-0.05, 0) is 43.8 Å². The van der Waals surface area contributed by atoms with Gasteiger partial charge in [0.2, 0.25) is 0 Å². The van der Waals surface area contributed by atoms with E-state index in [-0.39, 0.29) is 11.9 Å². The van der Waals surface area contributed by atoms with Crippen LogP contribution in [0.25, 0.3) is 21.7 Å². The van der Waals surface area contributed by atoms with Crippen molar-refractivity contribution in [3.05, 3.63) is 35.0 Å². The molecule has 0 atom stereocenters. The molecule has 0 spiro atoms. The molecule has 3 aromatic rings. The highest BCUT2D eigenvalue weighted by Crippen LogP contribution is 2.37. The zero-order chi connectivity index (χ0) is 14.4. The van der Waals surface area contributed by atoms with E-state index in [0.717, 1.165) is 27.5 Å². The van der Waals surface area contributed by atoms with E-state index in [1.54, 1.807) is 17.4 Å². The minimum Gasteiger partial charge on any atom is -0.397 e. The molecule has 0 saturated heterocycles. The number of rotatable bonds is 2. The van der Waals surface area contributed by atoms with Crippen LogP contribution in [0.2, 0.25) is 0 Å². The number of hydrogen-bond donors (Lipinski definition) is 1. The number of fused-ring (bicyclic) bond motifs is 1. The van der Waals surface area contributed by atoms with Crippen molar-refractivity contribution >= 4 is 28.1 Å². The van der Waals surface area contributed by atoms with Gasteiger partial charge in [0.1, 0.15) is 5.52 Å². The second-order valence-electron chi connectivity index (χ2n) is 5.17. The van der Waals surface area contributed by atoms with Crippen molar-refractivity contribution in [2.75, 3.05) is 5.73 Å². The van der Waals surface area contributed by atoms with Crippen LogP contribution in [0.4, 0.5) is 10.1 Å². The summed E-state index contributed by atoms with van der Waals surface area (Å²) < 4.78 is 16.0. The maximum atomic E-state index is 14.0. The topological polar surface area (TPSA) is 43.8 Å². The minimum atomic E-state index is -0.296. The highest BCUT2D eigenvalue weighted by atomic mass is 32.1. The number of anilines is 1. The Kier molecular flexibility index (Phi) is 3.01. The number of aromatic nitrogens is 2. The van der Waals surface area contributed by atoms with Crippen molar-refractivity contribution in [2.24, 2.45) is 0 Å². The summed E-state index contributed by atoms with van der Waals surface area (Å²) in [5.74, 6) is 0.450. The number of aryl methyl sites for hydroxylation is 1. The number of nitrogens with zero attached hydrogens (tertiary/aromatic N) is 2. The van der Waals surface area contributed by atoms with Gasteiger partial charge >= 0.3 is 0 Å². The number of nitrogen functional groups attached to an aromatic ring is 1. The number of imidazole rings is 1. The van der Waals surface area contributed by atoms with Crippen molar-refractivity contribution in [2.45, 2.75) is 26.8 Å². The molecule has 0 fully saturated rings. The van der Waals surface area contributed by atoms with E-state index in [2.05, 4.69) is 18.8 Å². The zero-order valence-electron chi connectivity index (χ0n) is 11.6. The molecule has 0 unspecified atom stereocenters. The number of para-hydroxylation sites is 1. The predicted octanol–water partition coefficient (Wildman–Crippen LogP) is 4.38. The Balaban J connectivity index is 2.38. The Morgan fingerprint density at radius 3 is 2.70 bits per heavy atom. The lowest BCUT2D eigenvalue weighted by Crippen LogP contribution is -2.03. The first-order chi connectivity index (χ1) is 9.50. The summed E-state index contributed by atoms with van der Waals surface area (Å²) in [6.07, 6.45) is 0. The smallest absolute Gasteiger partial charge is 0.153 e. The molecule has 0 aliphatic carbocycles. The van der Waals surface area contributed by atoms with Crippen LogP contribution in [0.3, 0.4) is 0 Å². The molecule has 3 rings (SSSR count). The molecule has 20 heavy (non-hydrogen) atoms. The van der Waals surface area contributed by atoms with Gasteiger partial charge < -0.3 is 10.3 Å². The van der Waals surface area contributed by atoms with Crippen LogP contribution in [-0.4, -0.2) is 9.55 Å². The molecule has 0 aliphatic heterocycles. The number of hydrogen-bond acceptors (Lipinski definition) is 3. The highest BCUT2D eigenvalue weighted by molar-refractivity contribution is 7.14. The lowest BCUT2D eigenvalue weighted by atomic mass is 10.2. The summed E-state index contributed by atoms with van der Waals surface area (Å²) in [4.78, 5) is 5.41. The third-order valence-electron chi connectivity index (χ3n) is 3.41. The summed E-state index contributed by atoms with van der Waals surface area (Å²) in [6, 6.07) is 5.22. The van der Waals surface area contributed by atoms with Crippen LogP contribution in [0, 0.1) is 12.7 Å². The second kappa shape index (κ2) is 4.59. The molecule has 2 heterocycles. The molecule has 5 heteroatoms. The van der Waals surface area contributed by atoms with Crippen molar-refractivity contribution in [1.82, 2.24) is 9.55 Å². The van der Waals surface area contributed by atoms with Crippen LogP contribution >= 0.6 is 11.3 Å². The van der Waals surface area contributed by atoms with Gasteiger partial charge in [-0.25, -0.2) is 9.37 Å². The molecule has 1 aromatic carbocycles. The maximum absolute atomic E-state index is 14.0. The number of nitrogens with two attached hydrogens (primary N) is 1. The molecule has 104 valence electrons. The Morgan fingerprint density at radius 2 is 2.10 bits per heavy atom. The molecule has 0 aliphatic rings. The minimum absolute atomic E-state index is 0.179. The van der Waals surface area contributed by atoms with E-state index in [1.807, 2.05) is 22.9 Å². The van der Waals surface area contributed by atoms with Crippen LogP contribution in [-0.2, 0) is 0 Å². The molecule has 0 radical (unpaired) electrons. The first-order valence-corrected chi connectivity index (χ1v) is 7.39. The van der Waals surface area contributed by atoms with E-state index in [0.29, 0.717) is 5.52 Å². The van der Waals surface area contributed by atoms with Crippen molar-refractivity contribution < 1.29 is 4.39 Å². The molecular formula is C15H16FN3S. The van der Waals surface area contributed by atoms with E-state index in [9.17, 15) is 4.39 Å². The van der Waals surface area contributed by atoms with Gasteiger partial charge in [0.25, 0.3) is 0 Å². The van der Waals surface area contributed by atoms with Gasteiger partial charge in [0, 0.05) is 6.04 Å². The fourth-order valence-corrected chi connectivity index (χ4v) is 3.35. The summed E-state index contributed by atoms with van der Waals surface area (Å²) in [5, 5.41) is 2.00. The quantitative estimate of drug-likeness (QED) is 0.761. The lowest BCUT2D eigenvalue weighted by Gasteiger charge is -2.12. The second-order valence-corrected chi connectivity index (χ2v) is 6.05. The Morgan fingerprint density at radius 1 is 1.35 bits per heavy atom. The van der Waals surface area contributed by atoms with Gasteiger partial charge in [0.05, 0.1) is 16.1 Å². The third-order valence-corrected chi connectivity index (χ3v) is 4.52. The largest absolute Gasteiger partial charge is 0.397 e. The maximum Gasteiger partial charge on any atom is 0.153 e. The van der Waals surface area contributed by atoms with Gasteiger partial charge in [-0.3, -0.25) is 0 Å². The van der Waals surface area contributed by atoms with E-state index < -0.39 is 0 Å². The van der Waals surface area contributed by atoms with Crippen LogP contribution in [0.1, 0.15) is 25.5 Å². The first-order valence-electron chi connectivity index (χ1n) is 6.51. The lowest BCUT2D eigenvalue weighted by molar-refractivity contribution is 0.623. The first kappa shape index (κ1) is 13.1. The number of halogens is 1. The van der Waals surface area contributed by atoms with Gasteiger partial charge in [-0.2, -0.15) is 0 Å². The summed E-state index contributed by atoms with van der Waals surface area (Å²) in [7, 11) is 0. The standard InChI is InChI=1S/C15H16FN3S/c1-8(2)19-11-6-4-5-10(16)13(11)18-15(19)14-12(17)9(3)7-20-14/h4-8H,17H2,1-3H3. The number of thiophene rings is 1. The Bertz CT molecular complexity index is 786. The monoisotopic (exact) mass is 289 g/mol. The van der Waals surface area contributed by atoms with Crippen molar-refractivity contribution in [3.8, 4) is 10.7 Å². The average molecular weight is 289 g/mol. The van der Waals surface area contributed by atoms with Crippen molar-refractivity contribution in [1.29, 1.82) is 0 Å². The summed E-state index contributed by atoms with van der Waals surface area (Å²) in [5.41, 5.74) is 9.10. The molecule has 0 bridgehead atoms. The van der Waals surface area contributed by atoms with Crippen molar-refractivity contribution in [3.63, 3.8) is 0 Å². The zero-order valence-corrected chi connectivity index (χ0v) is 12.5. The molecule has 2 aromatic heterocycles. The van der Waals surface area contributed by atoms with E-state index >= 15 is 0 Å². The van der Waals surface area contributed by atoms with Gasteiger partial charge in [-0.15, -0.1) is 11.3 Å². The van der Waals surface area contributed by atoms with Crippen LogP contribution < -0.4 is 5.73 Å². The fraction of sp³-hybridized carbons (Fsp3) is 0.267. The molecule has 0 saturated carbocycles. The number of benzene rings is 1. The van der Waals surface area contributed by atoms with Crippen LogP contribution in [0.5, 0.6) is 0 Å². The van der Waals surface area contributed by atoms with Gasteiger partial charge in [-0.1, -0.05) is 6.07 Å². The normalized spacial score (nSPS) is 11.7. The Hall–Kier alpha value is -1.88. The molecular weight excluding hydrogens is 273 g/mol. The fourth-order valence-electron chi connectivity index (χ4n) is 2.39. The summed E-state index contributed by atoms with van der Waals surface area (Å²) in [6.45, 7) is 6.09. The van der Waals surface area contributed by atoms with Crippen LogP contribution in [0.15, 0.2) is 23.6 Å². The highest BCUT2D eigenvalue weighted by Gasteiger charge is 2.20. The van der Waals surface area contributed by atoms with E-state index in [1.165, 1.54) is 6.07 Å². The SMILES string of the molecule is Cc1csc(-c2nc3c(F)cccc3n2C(C)C)c1N. The molecule has 0 amide bonds. The van der Waals surface area contributed by atoms with Gasteiger partial charge in [0.15, 0.2) is 11.6 Å².